The molecule has 0 bridgehead atoms. The molecule has 0 aliphatic carbocycles. The van der Waals surface area contributed by atoms with Crippen LogP contribution in [0.5, 0.6) is 0 Å². The lowest BCUT2D eigenvalue weighted by Gasteiger charge is -2.19. The van der Waals surface area contributed by atoms with E-state index in [1.54, 1.807) is 6.33 Å². The first-order chi connectivity index (χ1) is 10.2. The third-order valence-electron chi connectivity index (χ3n) is 3.93. The lowest BCUT2D eigenvalue weighted by Crippen LogP contribution is -2.26. The lowest BCUT2D eigenvalue weighted by atomic mass is 10.1. The summed E-state index contributed by atoms with van der Waals surface area (Å²) in [6, 6.07) is 4.17. The molecular formula is C16H21N5. The number of rotatable bonds is 3. The molecule has 110 valence electrons. The molecule has 5 heteroatoms. The molecule has 2 aromatic heterocycles. The summed E-state index contributed by atoms with van der Waals surface area (Å²) in [6.45, 7) is 3.06. The fourth-order valence-electron chi connectivity index (χ4n) is 2.85. The predicted octanol–water partition coefficient (Wildman–Crippen LogP) is 1.54. The van der Waals surface area contributed by atoms with Gasteiger partial charge in [0.1, 0.15) is 12.1 Å². The number of aromatic nitrogens is 3. The van der Waals surface area contributed by atoms with Gasteiger partial charge in [0.25, 0.3) is 0 Å². The Morgan fingerprint density at radius 3 is 2.62 bits per heavy atom. The van der Waals surface area contributed by atoms with Gasteiger partial charge in [-0.1, -0.05) is 0 Å². The highest BCUT2D eigenvalue weighted by Gasteiger charge is 2.19. The molecule has 21 heavy (non-hydrogen) atoms. The molecule has 0 N–H and O–H groups in total. The summed E-state index contributed by atoms with van der Waals surface area (Å²) in [5.41, 5.74) is 3.82. The number of nitrogens with zero attached hydrogens (tertiary/aromatic N) is 5. The van der Waals surface area contributed by atoms with Crippen LogP contribution in [0.3, 0.4) is 0 Å². The fraction of sp³-hybridized carbons (Fsp3) is 0.438. The third kappa shape index (κ3) is 3.19. The molecule has 0 radical (unpaired) electrons. The van der Waals surface area contributed by atoms with Crippen molar-refractivity contribution in [2.45, 2.75) is 19.4 Å². The summed E-state index contributed by atoms with van der Waals surface area (Å²) in [5.74, 6) is 1.06. The number of hydrogen-bond acceptors (Lipinski definition) is 5. The summed E-state index contributed by atoms with van der Waals surface area (Å²) >= 11 is 0. The summed E-state index contributed by atoms with van der Waals surface area (Å²) in [4.78, 5) is 17.6. The Hall–Kier alpha value is -2.01. The molecular weight excluding hydrogens is 262 g/mol. The second-order valence-corrected chi connectivity index (χ2v) is 5.65. The van der Waals surface area contributed by atoms with E-state index in [4.69, 9.17) is 0 Å². The molecule has 0 amide bonds. The van der Waals surface area contributed by atoms with Crippen molar-refractivity contribution in [2.75, 3.05) is 32.1 Å². The van der Waals surface area contributed by atoms with Crippen molar-refractivity contribution in [1.82, 2.24) is 19.9 Å². The molecule has 0 atom stereocenters. The van der Waals surface area contributed by atoms with E-state index < -0.39 is 0 Å². The van der Waals surface area contributed by atoms with E-state index in [2.05, 4.69) is 36.9 Å². The molecule has 2 aromatic rings. The predicted molar refractivity (Wildman–Crippen MR) is 83.3 cm³/mol. The van der Waals surface area contributed by atoms with E-state index in [0.29, 0.717) is 0 Å². The van der Waals surface area contributed by atoms with Gasteiger partial charge in [0.2, 0.25) is 0 Å². The average Bonchev–Trinajstić information content (AvgIpc) is 2.71. The monoisotopic (exact) mass is 283 g/mol. The van der Waals surface area contributed by atoms with Crippen LogP contribution in [-0.2, 0) is 19.4 Å². The smallest absolute Gasteiger partial charge is 0.134 e. The van der Waals surface area contributed by atoms with Crippen molar-refractivity contribution in [3.63, 3.8) is 0 Å². The van der Waals surface area contributed by atoms with Crippen molar-refractivity contribution < 1.29 is 0 Å². The summed E-state index contributed by atoms with van der Waals surface area (Å²) < 4.78 is 0. The van der Waals surface area contributed by atoms with Crippen molar-refractivity contribution in [3.05, 3.63) is 47.7 Å². The fourth-order valence-corrected chi connectivity index (χ4v) is 2.85. The van der Waals surface area contributed by atoms with E-state index in [-0.39, 0.29) is 0 Å². The summed E-state index contributed by atoms with van der Waals surface area (Å²) in [5, 5.41) is 0. The molecule has 0 aromatic carbocycles. The zero-order valence-electron chi connectivity index (χ0n) is 12.7. The standard InChI is InChI=1S/C16H21N5/c1-20(2)16-14-5-9-21(10-6-15(14)18-12-19-16)11-13-3-7-17-8-4-13/h3-4,7-8,12H,5-6,9-11H2,1-2H3. The molecule has 0 fully saturated rings. The molecule has 5 nitrogen and oxygen atoms in total. The maximum Gasteiger partial charge on any atom is 0.134 e. The number of fused-ring (bicyclic) bond motifs is 1. The minimum atomic E-state index is 0.973. The summed E-state index contributed by atoms with van der Waals surface area (Å²) in [7, 11) is 4.09. The number of hydrogen-bond donors (Lipinski definition) is 0. The molecule has 0 saturated heterocycles. The molecule has 3 rings (SSSR count). The highest BCUT2D eigenvalue weighted by atomic mass is 15.2. The highest BCUT2D eigenvalue weighted by Crippen LogP contribution is 2.22. The zero-order chi connectivity index (χ0) is 14.7. The normalized spacial score (nSPS) is 15.3. The topological polar surface area (TPSA) is 45.2 Å². The first-order valence-electron chi connectivity index (χ1n) is 7.35. The van der Waals surface area contributed by atoms with Crippen molar-refractivity contribution in [1.29, 1.82) is 0 Å². The summed E-state index contributed by atoms with van der Waals surface area (Å²) in [6.07, 6.45) is 7.40. The Morgan fingerprint density at radius 1 is 1.10 bits per heavy atom. The first kappa shape index (κ1) is 13.9. The van der Waals surface area contributed by atoms with Crippen molar-refractivity contribution >= 4 is 5.82 Å². The van der Waals surface area contributed by atoms with Crippen molar-refractivity contribution in [2.24, 2.45) is 0 Å². The van der Waals surface area contributed by atoms with Gasteiger partial charge in [-0.05, 0) is 24.1 Å². The maximum atomic E-state index is 4.49. The van der Waals surface area contributed by atoms with Gasteiger partial charge in [-0.2, -0.15) is 0 Å². The van der Waals surface area contributed by atoms with Gasteiger partial charge in [0, 0.05) is 58.1 Å². The largest absolute Gasteiger partial charge is 0.362 e. The van der Waals surface area contributed by atoms with Gasteiger partial charge in [-0.25, -0.2) is 9.97 Å². The zero-order valence-corrected chi connectivity index (χ0v) is 12.7. The van der Waals surface area contributed by atoms with Crippen LogP contribution in [-0.4, -0.2) is 47.0 Å². The van der Waals surface area contributed by atoms with Crippen LogP contribution in [0.15, 0.2) is 30.9 Å². The quantitative estimate of drug-likeness (QED) is 0.855. The van der Waals surface area contributed by atoms with E-state index in [9.17, 15) is 0 Å². The minimum Gasteiger partial charge on any atom is -0.362 e. The van der Waals surface area contributed by atoms with Gasteiger partial charge in [0.05, 0.1) is 5.69 Å². The maximum absolute atomic E-state index is 4.49. The van der Waals surface area contributed by atoms with Gasteiger partial charge in [-0.15, -0.1) is 0 Å². The Labute approximate surface area is 125 Å². The van der Waals surface area contributed by atoms with Crippen LogP contribution in [0, 0.1) is 0 Å². The first-order valence-corrected chi connectivity index (χ1v) is 7.35. The van der Waals surface area contributed by atoms with Gasteiger partial charge >= 0.3 is 0 Å². The highest BCUT2D eigenvalue weighted by molar-refractivity contribution is 5.48. The molecule has 1 aliphatic rings. The van der Waals surface area contributed by atoms with Crippen LogP contribution >= 0.6 is 0 Å². The van der Waals surface area contributed by atoms with Gasteiger partial charge in [0.15, 0.2) is 0 Å². The molecule has 3 heterocycles. The number of anilines is 1. The SMILES string of the molecule is CN(C)c1ncnc2c1CCN(Cc1ccncc1)CC2. The third-order valence-corrected chi connectivity index (χ3v) is 3.93. The lowest BCUT2D eigenvalue weighted by molar-refractivity contribution is 0.279. The van der Waals surface area contributed by atoms with E-state index in [1.807, 2.05) is 26.5 Å². The Balaban J connectivity index is 1.75. The van der Waals surface area contributed by atoms with Crippen LogP contribution < -0.4 is 4.90 Å². The molecule has 0 saturated carbocycles. The average molecular weight is 283 g/mol. The second-order valence-electron chi connectivity index (χ2n) is 5.65. The van der Waals surface area contributed by atoms with Crippen molar-refractivity contribution in [3.8, 4) is 0 Å². The van der Waals surface area contributed by atoms with E-state index in [1.165, 1.54) is 16.8 Å². The Kier molecular flexibility index (Phi) is 4.10. The molecule has 0 spiro atoms. The Bertz CT molecular complexity index is 597. The van der Waals surface area contributed by atoms with Crippen LogP contribution in [0.4, 0.5) is 5.82 Å². The molecule has 0 unspecified atom stereocenters. The van der Waals surface area contributed by atoms with Crippen LogP contribution in [0.1, 0.15) is 16.8 Å². The Morgan fingerprint density at radius 2 is 1.86 bits per heavy atom. The van der Waals surface area contributed by atoms with E-state index in [0.717, 1.165) is 38.3 Å². The van der Waals surface area contributed by atoms with Gasteiger partial charge < -0.3 is 4.90 Å². The van der Waals surface area contributed by atoms with Gasteiger partial charge in [-0.3, -0.25) is 9.88 Å². The second kappa shape index (κ2) is 6.18. The van der Waals surface area contributed by atoms with Crippen LogP contribution in [0.2, 0.25) is 0 Å². The van der Waals surface area contributed by atoms with Crippen LogP contribution in [0.25, 0.3) is 0 Å². The molecule has 1 aliphatic heterocycles. The minimum absolute atomic E-state index is 0.973. The van der Waals surface area contributed by atoms with E-state index >= 15 is 0 Å². The number of pyridine rings is 1.